The summed E-state index contributed by atoms with van der Waals surface area (Å²) in [5, 5.41) is 16.4. The Kier molecular flexibility index (Phi) is 2.47. The number of tetrazole rings is 1. The van der Waals surface area contributed by atoms with Crippen molar-refractivity contribution >= 4 is 11.9 Å². The predicted molar refractivity (Wildman–Crippen MR) is 72.6 cm³/mol. The molecule has 4 fully saturated rings. The van der Waals surface area contributed by atoms with E-state index in [4.69, 9.17) is 0 Å². The van der Waals surface area contributed by atoms with Crippen LogP contribution in [0.5, 0.6) is 0 Å². The van der Waals surface area contributed by atoms with Gasteiger partial charge in [0.2, 0.25) is 5.91 Å². The average molecular weight is 275 g/mol. The molecule has 6 heteroatoms. The predicted octanol–water partition coefficient (Wildman–Crippen LogP) is 2.13. The number of aromatic amines is 1. The van der Waals surface area contributed by atoms with Crippen molar-refractivity contribution < 1.29 is 4.79 Å². The number of nitrogens with zero attached hydrogens (tertiary/aromatic N) is 3. The van der Waals surface area contributed by atoms with Crippen molar-refractivity contribution in [1.29, 1.82) is 0 Å². The summed E-state index contributed by atoms with van der Waals surface area (Å²) >= 11 is 0. The number of nitrogens with one attached hydrogen (secondary N) is 2. The Morgan fingerprint density at radius 2 is 2.10 bits per heavy atom. The van der Waals surface area contributed by atoms with Crippen LogP contribution >= 0.6 is 0 Å². The lowest BCUT2D eigenvalue weighted by Crippen LogP contribution is -2.56. The summed E-state index contributed by atoms with van der Waals surface area (Å²) in [7, 11) is 0. The fourth-order valence-electron chi connectivity index (χ4n) is 5.58. The molecule has 4 aliphatic rings. The largest absolute Gasteiger partial charge is 0.291 e. The zero-order valence-corrected chi connectivity index (χ0v) is 11.9. The summed E-state index contributed by atoms with van der Waals surface area (Å²) in [6.45, 7) is 2.29. The Labute approximate surface area is 118 Å². The van der Waals surface area contributed by atoms with E-state index in [-0.39, 0.29) is 11.3 Å². The minimum atomic E-state index is -0.180. The van der Waals surface area contributed by atoms with Crippen molar-refractivity contribution in [2.24, 2.45) is 22.7 Å². The lowest BCUT2D eigenvalue weighted by molar-refractivity contribution is -0.152. The van der Waals surface area contributed by atoms with Crippen molar-refractivity contribution in [3.05, 3.63) is 0 Å². The van der Waals surface area contributed by atoms with Gasteiger partial charge in [0.05, 0.1) is 5.41 Å². The Morgan fingerprint density at radius 3 is 2.70 bits per heavy atom. The Hall–Kier alpha value is -1.46. The Balaban J connectivity index is 1.61. The fraction of sp³-hybridized carbons (Fsp3) is 0.857. The molecule has 0 saturated heterocycles. The zero-order chi connectivity index (χ0) is 13.8. The first-order chi connectivity index (χ1) is 9.63. The third-order valence-corrected chi connectivity index (χ3v) is 5.98. The summed E-state index contributed by atoms with van der Waals surface area (Å²) < 4.78 is 0. The number of aromatic nitrogens is 4. The van der Waals surface area contributed by atoms with Crippen LogP contribution in [0.2, 0.25) is 0 Å². The van der Waals surface area contributed by atoms with E-state index in [1.807, 2.05) is 0 Å². The number of hydrogen-bond donors (Lipinski definition) is 2. The summed E-state index contributed by atoms with van der Waals surface area (Å²) in [6.07, 6.45) is 8.35. The smallest absolute Gasteiger partial charge is 0.269 e. The number of anilines is 1. The second-order valence-corrected chi connectivity index (χ2v) is 7.28. The molecule has 2 atom stereocenters. The van der Waals surface area contributed by atoms with Gasteiger partial charge in [-0.25, -0.2) is 0 Å². The number of hydrogen-bond acceptors (Lipinski definition) is 4. The van der Waals surface area contributed by atoms with E-state index in [1.54, 1.807) is 0 Å². The highest BCUT2D eigenvalue weighted by atomic mass is 16.2. The maximum Gasteiger partial charge on any atom is 0.269 e. The van der Waals surface area contributed by atoms with Gasteiger partial charge in [0.25, 0.3) is 5.95 Å². The molecule has 2 N–H and O–H groups in total. The third kappa shape index (κ3) is 1.70. The second-order valence-electron chi connectivity index (χ2n) is 7.28. The van der Waals surface area contributed by atoms with Crippen LogP contribution in [-0.4, -0.2) is 26.5 Å². The van der Waals surface area contributed by atoms with Crippen LogP contribution in [0, 0.1) is 22.7 Å². The molecule has 1 heterocycles. The van der Waals surface area contributed by atoms with Gasteiger partial charge in [-0.1, -0.05) is 18.4 Å². The molecule has 5 rings (SSSR count). The van der Waals surface area contributed by atoms with Gasteiger partial charge in [-0.3, -0.25) is 10.1 Å². The molecule has 6 nitrogen and oxygen atoms in total. The highest BCUT2D eigenvalue weighted by Crippen LogP contribution is 2.66. The monoisotopic (exact) mass is 275 g/mol. The fourth-order valence-corrected chi connectivity index (χ4v) is 5.58. The molecule has 4 aliphatic carbocycles. The van der Waals surface area contributed by atoms with E-state index in [0.717, 1.165) is 31.1 Å². The van der Waals surface area contributed by atoms with E-state index < -0.39 is 0 Å². The van der Waals surface area contributed by atoms with Crippen molar-refractivity contribution in [1.82, 2.24) is 20.6 Å². The maximum atomic E-state index is 12.8. The molecule has 0 unspecified atom stereocenters. The lowest BCUT2D eigenvalue weighted by atomic mass is 9.43. The topological polar surface area (TPSA) is 83.6 Å². The molecule has 0 spiro atoms. The Morgan fingerprint density at radius 1 is 1.35 bits per heavy atom. The first-order valence-corrected chi connectivity index (χ1v) is 7.68. The van der Waals surface area contributed by atoms with E-state index in [9.17, 15) is 4.79 Å². The van der Waals surface area contributed by atoms with Crippen molar-refractivity contribution in [2.75, 3.05) is 5.32 Å². The second kappa shape index (κ2) is 4.02. The molecule has 1 aromatic rings. The minimum absolute atomic E-state index is 0.117. The van der Waals surface area contributed by atoms with Gasteiger partial charge in [-0.15, -0.1) is 5.10 Å². The van der Waals surface area contributed by atoms with Gasteiger partial charge in [0, 0.05) is 0 Å². The van der Waals surface area contributed by atoms with Crippen molar-refractivity contribution in [2.45, 2.75) is 51.9 Å². The summed E-state index contributed by atoms with van der Waals surface area (Å²) in [6, 6.07) is 0. The van der Waals surface area contributed by atoms with Gasteiger partial charge in [-0.05, 0) is 61.0 Å². The minimum Gasteiger partial charge on any atom is -0.291 e. The highest BCUT2D eigenvalue weighted by Gasteiger charge is 2.59. The van der Waals surface area contributed by atoms with Crippen LogP contribution in [0.4, 0.5) is 5.95 Å². The third-order valence-electron chi connectivity index (χ3n) is 5.98. The van der Waals surface area contributed by atoms with Gasteiger partial charge >= 0.3 is 0 Å². The summed E-state index contributed by atoms with van der Waals surface area (Å²) in [5.74, 6) is 1.90. The molecule has 1 amide bonds. The first kappa shape index (κ1) is 12.3. The van der Waals surface area contributed by atoms with Gasteiger partial charge in [0.15, 0.2) is 0 Å². The molecule has 4 bridgehead atoms. The quantitative estimate of drug-likeness (QED) is 0.885. The SMILES string of the molecule is CCC12C[C@@H]3C[C@@H](C1)CC(C(=O)Nc1nn[nH]n1)(C3)C2. The van der Waals surface area contributed by atoms with Crippen molar-refractivity contribution in [3.63, 3.8) is 0 Å². The molecular weight excluding hydrogens is 254 g/mol. The molecule has 20 heavy (non-hydrogen) atoms. The molecule has 0 aliphatic heterocycles. The van der Waals surface area contributed by atoms with E-state index in [1.165, 1.54) is 25.7 Å². The van der Waals surface area contributed by atoms with Crippen molar-refractivity contribution in [3.8, 4) is 0 Å². The van der Waals surface area contributed by atoms with Crippen LogP contribution < -0.4 is 5.32 Å². The molecule has 0 aromatic carbocycles. The van der Waals surface area contributed by atoms with E-state index >= 15 is 0 Å². The molecular formula is C14H21N5O. The highest BCUT2D eigenvalue weighted by molar-refractivity contribution is 5.94. The normalized spacial score (nSPS) is 41.9. The van der Waals surface area contributed by atoms with Gasteiger partial charge in [-0.2, -0.15) is 5.21 Å². The summed E-state index contributed by atoms with van der Waals surface area (Å²) in [5.41, 5.74) is 0.236. The van der Waals surface area contributed by atoms with E-state index in [0.29, 0.717) is 11.4 Å². The van der Waals surface area contributed by atoms with Crippen LogP contribution in [-0.2, 0) is 4.79 Å². The van der Waals surface area contributed by atoms with Crippen LogP contribution in [0.15, 0.2) is 0 Å². The summed E-state index contributed by atoms with van der Waals surface area (Å²) in [4.78, 5) is 12.8. The molecule has 0 radical (unpaired) electrons. The van der Waals surface area contributed by atoms with E-state index in [2.05, 4.69) is 32.9 Å². The number of carbonyl (C=O) groups is 1. The zero-order valence-electron chi connectivity index (χ0n) is 11.9. The lowest BCUT2D eigenvalue weighted by Gasteiger charge is -2.61. The Bertz CT molecular complexity index is 512. The van der Waals surface area contributed by atoms with Crippen LogP contribution in [0.1, 0.15) is 51.9 Å². The maximum absolute atomic E-state index is 12.8. The van der Waals surface area contributed by atoms with Gasteiger partial charge in [0.1, 0.15) is 0 Å². The number of carbonyl (C=O) groups excluding carboxylic acids is 1. The number of H-pyrrole nitrogens is 1. The van der Waals surface area contributed by atoms with Gasteiger partial charge < -0.3 is 0 Å². The van der Waals surface area contributed by atoms with Crippen LogP contribution in [0.25, 0.3) is 0 Å². The number of amides is 1. The molecule has 4 saturated carbocycles. The van der Waals surface area contributed by atoms with Crippen LogP contribution in [0.3, 0.4) is 0 Å². The molecule has 1 aromatic heterocycles. The average Bonchev–Trinajstić information content (AvgIpc) is 2.90. The molecule has 108 valence electrons. The number of rotatable bonds is 3. The first-order valence-electron chi connectivity index (χ1n) is 7.68. The standard InChI is InChI=1S/C14H21N5O/c1-2-13-4-9-3-10(5-13)7-14(6-9,8-13)11(20)15-12-16-18-19-17-12/h9-10H,2-8H2,1H3,(H2,15,16,17,18,19,20)/t9-,10-,13?,14?/m0/s1.